The molecule has 1 aromatic heterocycles. The SMILES string of the molecule is Cc1ccc(NC(=O)c2cc(F)cc(F)c2)cc1-n1cnc2ccc(N3CCCN(C)CC3)cc2c1=O. The van der Waals surface area contributed by atoms with Crippen LogP contribution in [0.15, 0.2) is 65.7 Å². The van der Waals surface area contributed by atoms with Gasteiger partial charge < -0.3 is 15.1 Å². The number of carbonyl (C=O) groups excluding carboxylic acids is 1. The van der Waals surface area contributed by atoms with Crippen molar-refractivity contribution in [1.29, 1.82) is 0 Å². The van der Waals surface area contributed by atoms with Crippen LogP contribution in [0.1, 0.15) is 22.3 Å². The molecule has 1 aliphatic rings. The van der Waals surface area contributed by atoms with Gasteiger partial charge in [0.15, 0.2) is 0 Å². The minimum absolute atomic E-state index is 0.142. The van der Waals surface area contributed by atoms with Gasteiger partial charge in [0.05, 0.1) is 16.6 Å². The molecule has 7 nitrogen and oxygen atoms in total. The number of hydrogen-bond acceptors (Lipinski definition) is 5. The van der Waals surface area contributed by atoms with Gasteiger partial charge in [-0.3, -0.25) is 14.2 Å². The summed E-state index contributed by atoms with van der Waals surface area (Å²) >= 11 is 0. The van der Waals surface area contributed by atoms with E-state index in [1.54, 1.807) is 18.2 Å². The van der Waals surface area contributed by atoms with Crippen LogP contribution in [0.4, 0.5) is 20.2 Å². The first-order valence-electron chi connectivity index (χ1n) is 12.1. The fourth-order valence-corrected chi connectivity index (χ4v) is 4.62. The van der Waals surface area contributed by atoms with E-state index in [2.05, 4.69) is 27.1 Å². The van der Waals surface area contributed by atoms with Gasteiger partial charge in [-0.25, -0.2) is 13.8 Å². The molecular formula is C28H27F2N5O2. The van der Waals surface area contributed by atoms with Crippen molar-refractivity contribution in [3.05, 3.63) is 94.0 Å². The first-order valence-corrected chi connectivity index (χ1v) is 12.1. The van der Waals surface area contributed by atoms with Gasteiger partial charge >= 0.3 is 0 Å². The van der Waals surface area contributed by atoms with E-state index in [1.165, 1.54) is 10.9 Å². The van der Waals surface area contributed by atoms with Crippen molar-refractivity contribution in [3.63, 3.8) is 0 Å². The molecule has 0 radical (unpaired) electrons. The summed E-state index contributed by atoms with van der Waals surface area (Å²) < 4.78 is 28.6. The van der Waals surface area contributed by atoms with E-state index in [4.69, 9.17) is 0 Å². The summed E-state index contributed by atoms with van der Waals surface area (Å²) in [5, 5.41) is 3.15. The molecule has 2 heterocycles. The number of aromatic nitrogens is 2. The van der Waals surface area contributed by atoms with Gasteiger partial charge in [-0.2, -0.15) is 0 Å². The number of halogens is 2. The molecule has 3 aromatic carbocycles. The predicted molar refractivity (Wildman–Crippen MR) is 141 cm³/mol. The van der Waals surface area contributed by atoms with Gasteiger partial charge in [-0.05, 0) is 75.0 Å². The molecule has 190 valence electrons. The minimum Gasteiger partial charge on any atom is -0.370 e. The highest BCUT2D eigenvalue weighted by Gasteiger charge is 2.16. The zero-order valence-corrected chi connectivity index (χ0v) is 20.7. The maximum absolute atomic E-state index is 13.6. The molecule has 0 unspecified atom stereocenters. The van der Waals surface area contributed by atoms with Gasteiger partial charge in [0, 0.05) is 42.6 Å². The first kappa shape index (κ1) is 24.6. The molecule has 0 aliphatic carbocycles. The van der Waals surface area contributed by atoms with Crippen molar-refractivity contribution in [3.8, 4) is 5.69 Å². The summed E-state index contributed by atoms with van der Waals surface area (Å²) in [6, 6.07) is 13.5. The number of aryl methyl sites for hydroxylation is 1. The quantitative estimate of drug-likeness (QED) is 0.448. The molecule has 9 heteroatoms. The van der Waals surface area contributed by atoms with Crippen LogP contribution in [0.3, 0.4) is 0 Å². The number of carbonyl (C=O) groups is 1. The second-order valence-electron chi connectivity index (χ2n) is 9.38. The molecule has 1 aliphatic heterocycles. The second kappa shape index (κ2) is 10.1. The van der Waals surface area contributed by atoms with Gasteiger partial charge in [0.1, 0.15) is 18.0 Å². The monoisotopic (exact) mass is 503 g/mol. The van der Waals surface area contributed by atoms with Crippen LogP contribution >= 0.6 is 0 Å². The number of fused-ring (bicyclic) bond motifs is 1. The largest absolute Gasteiger partial charge is 0.370 e. The van der Waals surface area contributed by atoms with Crippen molar-refractivity contribution in [2.75, 3.05) is 43.4 Å². The molecule has 5 rings (SSSR count). The van der Waals surface area contributed by atoms with Gasteiger partial charge in [0.2, 0.25) is 0 Å². The van der Waals surface area contributed by atoms with E-state index in [1.807, 2.05) is 25.1 Å². The Kier molecular flexibility index (Phi) is 6.71. The molecule has 4 aromatic rings. The summed E-state index contributed by atoms with van der Waals surface area (Å²) in [6.45, 7) is 5.64. The molecule has 1 amide bonds. The zero-order valence-electron chi connectivity index (χ0n) is 20.7. The summed E-state index contributed by atoms with van der Waals surface area (Å²) in [6.07, 6.45) is 2.52. The Bertz CT molecular complexity index is 1530. The lowest BCUT2D eigenvalue weighted by Gasteiger charge is -2.23. The average molecular weight is 504 g/mol. The molecule has 0 saturated carbocycles. The van der Waals surface area contributed by atoms with Crippen molar-refractivity contribution in [1.82, 2.24) is 14.5 Å². The van der Waals surface area contributed by atoms with E-state index >= 15 is 0 Å². The fourth-order valence-electron chi connectivity index (χ4n) is 4.62. The number of rotatable bonds is 4. The summed E-state index contributed by atoms with van der Waals surface area (Å²) in [4.78, 5) is 35.3. The Labute approximate surface area is 213 Å². The summed E-state index contributed by atoms with van der Waals surface area (Å²) in [7, 11) is 2.11. The van der Waals surface area contributed by atoms with E-state index in [-0.39, 0.29) is 11.1 Å². The molecule has 1 saturated heterocycles. The minimum atomic E-state index is -0.838. The van der Waals surface area contributed by atoms with Crippen LogP contribution in [0.25, 0.3) is 16.6 Å². The molecule has 1 fully saturated rings. The van der Waals surface area contributed by atoms with Crippen molar-refractivity contribution < 1.29 is 13.6 Å². The highest BCUT2D eigenvalue weighted by Crippen LogP contribution is 2.23. The second-order valence-corrected chi connectivity index (χ2v) is 9.38. The van der Waals surface area contributed by atoms with Crippen LogP contribution in [0.5, 0.6) is 0 Å². The third-order valence-corrected chi connectivity index (χ3v) is 6.68. The van der Waals surface area contributed by atoms with Crippen LogP contribution in [-0.4, -0.2) is 53.6 Å². The van der Waals surface area contributed by atoms with Crippen molar-refractivity contribution in [2.24, 2.45) is 0 Å². The Morgan fingerprint density at radius 2 is 1.73 bits per heavy atom. The highest BCUT2D eigenvalue weighted by atomic mass is 19.1. The van der Waals surface area contributed by atoms with Gasteiger partial charge in [-0.15, -0.1) is 0 Å². The van der Waals surface area contributed by atoms with Crippen LogP contribution in [-0.2, 0) is 0 Å². The standard InChI is InChI=1S/C28H27F2N5O2/c1-18-4-5-22(32-27(36)19-12-20(29)14-21(30)13-19)15-26(18)35-17-31-25-7-6-23(16-24(25)28(35)37)34-9-3-8-33(2)10-11-34/h4-7,12-17H,3,8-11H2,1-2H3,(H,32,36). The Hall–Kier alpha value is -4.11. The summed E-state index contributed by atoms with van der Waals surface area (Å²) in [5.41, 5.74) is 2.94. The highest BCUT2D eigenvalue weighted by molar-refractivity contribution is 6.04. The van der Waals surface area contributed by atoms with E-state index in [0.29, 0.717) is 28.3 Å². The molecular weight excluding hydrogens is 476 g/mol. The Morgan fingerprint density at radius 1 is 0.946 bits per heavy atom. The van der Waals surface area contributed by atoms with Crippen LogP contribution < -0.4 is 15.8 Å². The number of nitrogens with one attached hydrogen (secondary N) is 1. The lowest BCUT2D eigenvalue weighted by molar-refractivity contribution is 0.102. The Morgan fingerprint density at radius 3 is 2.51 bits per heavy atom. The number of likely N-dealkylation sites (N-methyl/N-ethyl adjacent to an activating group) is 1. The fraction of sp³-hybridized carbons (Fsp3) is 0.250. The van der Waals surface area contributed by atoms with Gasteiger partial charge in [0.25, 0.3) is 11.5 Å². The normalized spacial score (nSPS) is 14.5. The van der Waals surface area contributed by atoms with Crippen LogP contribution in [0.2, 0.25) is 0 Å². The number of amides is 1. The lowest BCUT2D eigenvalue weighted by Crippen LogP contribution is -2.29. The number of hydrogen-bond donors (Lipinski definition) is 1. The first-order chi connectivity index (χ1) is 17.8. The third kappa shape index (κ3) is 5.22. The van der Waals surface area contributed by atoms with Crippen molar-refractivity contribution >= 4 is 28.2 Å². The van der Waals surface area contributed by atoms with Crippen molar-refractivity contribution in [2.45, 2.75) is 13.3 Å². The van der Waals surface area contributed by atoms with E-state index < -0.39 is 17.5 Å². The molecule has 0 bridgehead atoms. The van der Waals surface area contributed by atoms with Crippen LogP contribution in [0, 0.1) is 18.6 Å². The maximum Gasteiger partial charge on any atom is 0.265 e. The number of anilines is 2. The lowest BCUT2D eigenvalue weighted by atomic mass is 10.1. The van der Waals surface area contributed by atoms with E-state index in [9.17, 15) is 18.4 Å². The topological polar surface area (TPSA) is 70.5 Å². The smallest absolute Gasteiger partial charge is 0.265 e. The summed E-state index contributed by atoms with van der Waals surface area (Å²) in [5.74, 6) is -2.34. The molecule has 0 spiro atoms. The molecule has 37 heavy (non-hydrogen) atoms. The predicted octanol–water partition coefficient (Wildman–Crippen LogP) is 4.37. The zero-order chi connectivity index (χ0) is 26.1. The molecule has 1 N–H and O–H groups in total. The van der Waals surface area contributed by atoms with Gasteiger partial charge in [-0.1, -0.05) is 6.07 Å². The number of nitrogens with zero attached hydrogens (tertiary/aromatic N) is 4. The Balaban J connectivity index is 1.48. The van der Waals surface area contributed by atoms with E-state index in [0.717, 1.165) is 56.0 Å². The maximum atomic E-state index is 13.6. The third-order valence-electron chi connectivity index (χ3n) is 6.68. The number of benzene rings is 3. The molecule has 0 atom stereocenters. The average Bonchev–Trinajstić information content (AvgIpc) is 3.09.